The van der Waals surface area contributed by atoms with Crippen LogP contribution in [0.2, 0.25) is 5.02 Å². The molecule has 0 bridgehead atoms. The van der Waals surface area contributed by atoms with E-state index >= 15 is 0 Å². The fraction of sp³-hybridized carbons (Fsp3) is 0.227. The van der Waals surface area contributed by atoms with Crippen LogP contribution in [0.1, 0.15) is 46.7 Å². The number of halogens is 4. The van der Waals surface area contributed by atoms with Crippen molar-refractivity contribution >= 4 is 28.3 Å². The Balaban J connectivity index is 1.99. The molecule has 0 spiro atoms. The van der Waals surface area contributed by atoms with E-state index in [-0.39, 0.29) is 23.7 Å². The van der Waals surface area contributed by atoms with Crippen LogP contribution >= 0.6 is 11.6 Å². The molecule has 144 valence electrons. The minimum atomic E-state index is -4.47. The van der Waals surface area contributed by atoms with E-state index in [1.807, 2.05) is 0 Å². The molecule has 1 aliphatic carbocycles. The Kier molecular flexibility index (Phi) is 4.58. The number of benzene rings is 2. The second kappa shape index (κ2) is 6.82. The van der Waals surface area contributed by atoms with Gasteiger partial charge in [0.25, 0.3) is 0 Å². The van der Waals surface area contributed by atoms with Gasteiger partial charge in [-0.25, -0.2) is 0 Å². The van der Waals surface area contributed by atoms with E-state index in [1.54, 1.807) is 24.3 Å². The van der Waals surface area contributed by atoms with Crippen LogP contribution in [0, 0.1) is 0 Å². The van der Waals surface area contributed by atoms with Gasteiger partial charge in [-0.05, 0) is 54.7 Å². The first-order valence-electron chi connectivity index (χ1n) is 8.91. The molecule has 3 aromatic rings. The lowest BCUT2D eigenvalue weighted by Gasteiger charge is -2.19. The van der Waals surface area contributed by atoms with Crippen molar-refractivity contribution in [1.29, 1.82) is 0 Å². The maximum absolute atomic E-state index is 13.5. The molecule has 1 heterocycles. The molecule has 2 nitrogen and oxygen atoms in total. The Bertz CT molecular complexity index is 1090. The second-order valence-electron chi connectivity index (χ2n) is 7.06. The Morgan fingerprint density at radius 3 is 2.54 bits per heavy atom. The molecular weight excluding hydrogens is 387 g/mol. The van der Waals surface area contributed by atoms with Crippen molar-refractivity contribution in [2.75, 3.05) is 0 Å². The van der Waals surface area contributed by atoms with Crippen molar-refractivity contribution in [2.24, 2.45) is 0 Å². The molecule has 1 aromatic heterocycles. The van der Waals surface area contributed by atoms with Crippen molar-refractivity contribution in [3.63, 3.8) is 0 Å². The summed E-state index contributed by atoms with van der Waals surface area (Å²) >= 11 is 6.15. The Morgan fingerprint density at radius 1 is 1.18 bits per heavy atom. The standard InChI is InChI=1S/C22H17ClF3NO/c1-12(28)20-17(10-14-4-2-3-5-18(14)22(24,25)26)16-11-15(23)8-9-19(16)27-21(20)13-6-7-13/h2-5,8-9,11,13,28H,1,6-7,10H2. The lowest BCUT2D eigenvalue weighted by molar-refractivity contribution is -0.138. The van der Waals surface area contributed by atoms with Crippen molar-refractivity contribution < 1.29 is 18.3 Å². The van der Waals surface area contributed by atoms with Gasteiger partial charge in [-0.2, -0.15) is 13.2 Å². The van der Waals surface area contributed by atoms with Gasteiger partial charge in [-0.15, -0.1) is 0 Å². The zero-order valence-electron chi connectivity index (χ0n) is 14.9. The normalized spacial score (nSPS) is 14.4. The molecule has 0 aliphatic heterocycles. The number of aliphatic hydroxyl groups is 1. The lowest BCUT2D eigenvalue weighted by atomic mass is 9.90. The van der Waals surface area contributed by atoms with E-state index in [0.29, 0.717) is 32.7 Å². The molecule has 1 saturated carbocycles. The van der Waals surface area contributed by atoms with Gasteiger partial charge >= 0.3 is 6.18 Å². The zero-order valence-corrected chi connectivity index (χ0v) is 15.6. The van der Waals surface area contributed by atoms with Crippen LogP contribution in [0.4, 0.5) is 13.2 Å². The smallest absolute Gasteiger partial charge is 0.416 e. The summed E-state index contributed by atoms with van der Waals surface area (Å²) in [6.45, 7) is 3.66. The van der Waals surface area contributed by atoms with E-state index in [9.17, 15) is 18.3 Å². The molecule has 1 N–H and O–H groups in total. The van der Waals surface area contributed by atoms with E-state index in [2.05, 4.69) is 11.6 Å². The van der Waals surface area contributed by atoms with Gasteiger partial charge in [0, 0.05) is 21.9 Å². The molecule has 2 aromatic carbocycles. The molecule has 1 aliphatic rings. The lowest BCUT2D eigenvalue weighted by Crippen LogP contribution is -2.11. The highest BCUT2D eigenvalue weighted by atomic mass is 35.5. The number of aromatic nitrogens is 1. The number of hydrogen-bond donors (Lipinski definition) is 1. The third-order valence-electron chi connectivity index (χ3n) is 5.03. The van der Waals surface area contributed by atoms with Gasteiger partial charge < -0.3 is 5.11 Å². The van der Waals surface area contributed by atoms with E-state index < -0.39 is 11.7 Å². The van der Waals surface area contributed by atoms with Crippen molar-refractivity contribution in [2.45, 2.75) is 31.4 Å². The molecule has 0 atom stereocenters. The van der Waals surface area contributed by atoms with Gasteiger partial charge in [0.15, 0.2) is 0 Å². The highest BCUT2D eigenvalue weighted by Crippen LogP contribution is 2.45. The van der Waals surface area contributed by atoms with E-state index in [1.165, 1.54) is 12.1 Å². The fourth-order valence-corrected chi connectivity index (χ4v) is 3.79. The summed E-state index contributed by atoms with van der Waals surface area (Å²) in [5.41, 5.74) is 1.79. The predicted octanol–water partition coefficient (Wildman–Crippen LogP) is 6.90. The predicted molar refractivity (Wildman–Crippen MR) is 105 cm³/mol. The van der Waals surface area contributed by atoms with E-state index in [0.717, 1.165) is 18.9 Å². The van der Waals surface area contributed by atoms with Gasteiger partial charge in [-0.3, -0.25) is 4.98 Å². The van der Waals surface area contributed by atoms with E-state index in [4.69, 9.17) is 11.6 Å². The summed E-state index contributed by atoms with van der Waals surface area (Å²) in [7, 11) is 0. The number of rotatable bonds is 4. The van der Waals surface area contributed by atoms with Crippen LogP contribution < -0.4 is 0 Å². The van der Waals surface area contributed by atoms with Crippen LogP contribution in [0.15, 0.2) is 49.0 Å². The molecular formula is C22H17ClF3NO. The highest BCUT2D eigenvalue weighted by Gasteiger charge is 2.34. The second-order valence-corrected chi connectivity index (χ2v) is 7.50. The molecule has 1 fully saturated rings. The number of pyridine rings is 1. The van der Waals surface area contributed by atoms with Gasteiger partial charge in [0.2, 0.25) is 0 Å². The van der Waals surface area contributed by atoms with Crippen molar-refractivity contribution in [1.82, 2.24) is 4.98 Å². The van der Waals surface area contributed by atoms with Gasteiger partial charge in [0.05, 0.1) is 16.8 Å². The van der Waals surface area contributed by atoms with Crippen LogP contribution in [-0.2, 0) is 12.6 Å². The summed E-state index contributed by atoms with van der Waals surface area (Å²) in [5.74, 6) is 0.00588. The molecule has 6 heteroatoms. The molecule has 0 unspecified atom stereocenters. The number of alkyl halides is 3. The first kappa shape index (κ1) is 18.8. The van der Waals surface area contributed by atoms with Crippen molar-refractivity contribution in [3.8, 4) is 0 Å². The number of fused-ring (bicyclic) bond motifs is 1. The largest absolute Gasteiger partial charge is 0.508 e. The first-order chi connectivity index (χ1) is 13.3. The van der Waals surface area contributed by atoms with Gasteiger partial charge in [0.1, 0.15) is 5.76 Å². The maximum atomic E-state index is 13.5. The zero-order chi connectivity index (χ0) is 20.1. The summed E-state index contributed by atoms with van der Waals surface area (Å²) in [6.07, 6.45) is -2.60. The summed E-state index contributed by atoms with van der Waals surface area (Å²) in [5, 5.41) is 11.4. The monoisotopic (exact) mass is 403 g/mol. The highest BCUT2D eigenvalue weighted by molar-refractivity contribution is 6.31. The minimum Gasteiger partial charge on any atom is -0.508 e. The van der Waals surface area contributed by atoms with Crippen LogP contribution in [-0.4, -0.2) is 10.1 Å². The molecule has 28 heavy (non-hydrogen) atoms. The van der Waals surface area contributed by atoms with Gasteiger partial charge in [-0.1, -0.05) is 36.4 Å². The number of nitrogens with zero attached hydrogens (tertiary/aromatic N) is 1. The Hall–Kier alpha value is -2.53. The third-order valence-corrected chi connectivity index (χ3v) is 5.26. The average molecular weight is 404 g/mol. The first-order valence-corrected chi connectivity index (χ1v) is 9.29. The quantitative estimate of drug-likeness (QED) is 0.480. The minimum absolute atomic E-state index is 0.0102. The summed E-state index contributed by atoms with van der Waals surface area (Å²) in [6, 6.07) is 10.6. The summed E-state index contributed by atoms with van der Waals surface area (Å²) < 4.78 is 40.5. The van der Waals surface area contributed by atoms with Crippen LogP contribution in [0.3, 0.4) is 0 Å². The van der Waals surface area contributed by atoms with Crippen LogP contribution in [0.5, 0.6) is 0 Å². The summed E-state index contributed by atoms with van der Waals surface area (Å²) in [4.78, 5) is 4.67. The third kappa shape index (κ3) is 3.47. The molecule has 0 radical (unpaired) electrons. The Labute approximate surface area is 165 Å². The molecule has 0 amide bonds. The molecule has 0 saturated heterocycles. The SMILES string of the molecule is C=C(O)c1c(C2CC2)nc2ccc(Cl)cc2c1Cc1ccccc1C(F)(F)F. The Morgan fingerprint density at radius 2 is 1.89 bits per heavy atom. The van der Waals surface area contributed by atoms with Crippen LogP contribution in [0.25, 0.3) is 16.7 Å². The maximum Gasteiger partial charge on any atom is 0.416 e. The average Bonchev–Trinajstić information content (AvgIpc) is 3.46. The fourth-order valence-electron chi connectivity index (χ4n) is 3.62. The topological polar surface area (TPSA) is 33.1 Å². The van der Waals surface area contributed by atoms with Crippen molar-refractivity contribution in [3.05, 3.63) is 82.0 Å². The molecule has 4 rings (SSSR count). The number of hydrogen-bond acceptors (Lipinski definition) is 2. The number of aliphatic hydroxyl groups excluding tert-OH is 1.